The van der Waals surface area contributed by atoms with Gasteiger partial charge in [0.1, 0.15) is 0 Å². The van der Waals surface area contributed by atoms with E-state index in [0.29, 0.717) is 16.4 Å². The lowest BCUT2D eigenvalue weighted by atomic mass is 10.1. The van der Waals surface area contributed by atoms with Gasteiger partial charge in [0, 0.05) is 10.9 Å². The number of nitrogen functional groups attached to an aromatic ring is 1. The molecule has 0 aliphatic rings. The fraction of sp³-hybridized carbons (Fsp3) is 0.100. The Bertz CT molecular complexity index is 530. The lowest BCUT2D eigenvalue weighted by Gasteiger charge is -2.06. The molecule has 0 bridgehead atoms. The molecule has 0 radical (unpaired) electrons. The molecular formula is C10H7F3N2OS. The Kier molecular flexibility index (Phi) is 3.19. The number of nitrogens with zero attached hydrogens (tertiary/aromatic N) is 1. The van der Waals surface area contributed by atoms with E-state index in [1.807, 2.05) is 0 Å². The molecule has 2 aromatic rings. The summed E-state index contributed by atoms with van der Waals surface area (Å²) in [5, 5.41) is 2.01. The number of alkyl halides is 2. The van der Waals surface area contributed by atoms with Gasteiger partial charge in [0.25, 0.3) is 0 Å². The van der Waals surface area contributed by atoms with Gasteiger partial charge in [0.2, 0.25) is 0 Å². The number of thiazole rings is 1. The average Bonchev–Trinajstić information content (AvgIpc) is 2.67. The monoisotopic (exact) mass is 260 g/mol. The fourth-order valence-electron chi connectivity index (χ4n) is 1.27. The van der Waals surface area contributed by atoms with Gasteiger partial charge in [-0.2, -0.15) is 8.78 Å². The van der Waals surface area contributed by atoms with E-state index >= 15 is 0 Å². The third kappa shape index (κ3) is 2.68. The Labute approximate surface area is 98.7 Å². The molecule has 1 heterocycles. The van der Waals surface area contributed by atoms with Crippen LogP contribution in [0.5, 0.6) is 5.75 Å². The van der Waals surface area contributed by atoms with Crippen molar-refractivity contribution >= 4 is 16.5 Å². The molecule has 0 saturated carbocycles. The molecule has 0 aliphatic heterocycles. The molecule has 17 heavy (non-hydrogen) atoms. The van der Waals surface area contributed by atoms with E-state index in [9.17, 15) is 13.2 Å². The molecule has 2 rings (SSSR count). The molecule has 0 spiro atoms. The van der Waals surface area contributed by atoms with Crippen molar-refractivity contribution in [2.24, 2.45) is 0 Å². The Morgan fingerprint density at radius 1 is 1.35 bits per heavy atom. The van der Waals surface area contributed by atoms with E-state index in [0.717, 1.165) is 12.1 Å². The summed E-state index contributed by atoms with van der Waals surface area (Å²) in [5.74, 6) is -1.36. The summed E-state index contributed by atoms with van der Waals surface area (Å²) in [7, 11) is 0. The minimum absolute atomic E-state index is 0.355. The predicted octanol–water partition coefficient (Wildman–Crippen LogP) is 3.13. The zero-order chi connectivity index (χ0) is 12.4. The summed E-state index contributed by atoms with van der Waals surface area (Å²) in [6.07, 6.45) is 0. The minimum atomic E-state index is -3.05. The summed E-state index contributed by atoms with van der Waals surface area (Å²) in [4.78, 5) is 3.95. The molecule has 0 unspecified atom stereocenters. The quantitative estimate of drug-likeness (QED) is 0.922. The molecule has 0 saturated heterocycles. The van der Waals surface area contributed by atoms with Gasteiger partial charge in [-0.15, -0.1) is 11.3 Å². The van der Waals surface area contributed by atoms with Crippen LogP contribution in [0.15, 0.2) is 23.6 Å². The number of ether oxygens (including phenoxy) is 1. The first-order valence-electron chi connectivity index (χ1n) is 4.52. The van der Waals surface area contributed by atoms with Crippen LogP contribution in [0.3, 0.4) is 0 Å². The van der Waals surface area contributed by atoms with Crippen LogP contribution in [-0.2, 0) is 0 Å². The predicted molar refractivity (Wildman–Crippen MR) is 58.6 cm³/mol. The number of anilines is 1. The second-order valence-electron chi connectivity index (χ2n) is 3.09. The Morgan fingerprint density at radius 3 is 2.65 bits per heavy atom. The van der Waals surface area contributed by atoms with Gasteiger partial charge in [-0.05, 0) is 18.2 Å². The first-order chi connectivity index (χ1) is 8.06. The molecule has 1 aromatic carbocycles. The molecular weight excluding hydrogens is 253 g/mol. The van der Waals surface area contributed by atoms with Gasteiger partial charge in [0.05, 0.1) is 5.69 Å². The smallest absolute Gasteiger partial charge is 0.387 e. The van der Waals surface area contributed by atoms with Gasteiger partial charge in [0.15, 0.2) is 16.7 Å². The van der Waals surface area contributed by atoms with E-state index in [1.54, 1.807) is 5.38 Å². The molecule has 1 aromatic heterocycles. The van der Waals surface area contributed by atoms with Crippen LogP contribution in [0.4, 0.5) is 18.3 Å². The summed E-state index contributed by atoms with van der Waals surface area (Å²) in [5.41, 5.74) is 6.39. The van der Waals surface area contributed by atoms with Gasteiger partial charge < -0.3 is 10.5 Å². The standard InChI is InChI=1S/C10H7F3N2OS/c11-6-3-5(7-4-17-10(14)15-7)1-2-8(6)16-9(12)13/h1-4,9H,(H2,14,15). The minimum Gasteiger partial charge on any atom is -0.432 e. The molecule has 0 atom stereocenters. The average molecular weight is 260 g/mol. The molecule has 0 fully saturated rings. The Hall–Kier alpha value is -1.76. The Morgan fingerprint density at radius 2 is 2.12 bits per heavy atom. The van der Waals surface area contributed by atoms with Crippen LogP contribution in [0.25, 0.3) is 11.3 Å². The van der Waals surface area contributed by atoms with Crippen molar-refractivity contribution < 1.29 is 17.9 Å². The normalized spacial score (nSPS) is 10.8. The molecule has 90 valence electrons. The highest BCUT2D eigenvalue weighted by molar-refractivity contribution is 7.13. The number of nitrogens with two attached hydrogens (primary N) is 1. The van der Waals surface area contributed by atoms with Crippen LogP contribution in [0, 0.1) is 5.82 Å². The number of halogens is 3. The summed E-state index contributed by atoms with van der Waals surface area (Å²) in [6, 6.07) is 3.65. The van der Waals surface area contributed by atoms with Crippen LogP contribution < -0.4 is 10.5 Å². The van der Waals surface area contributed by atoms with E-state index in [-0.39, 0.29) is 0 Å². The Balaban J connectivity index is 2.30. The van der Waals surface area contributed by atoms with Gasteiger partial charge >= 0.3 is 6.61 Å². The summed E-state index contributed by atoms with van der Waals surface area (Å²) in [6.45, 7) is -3.05. The van der Waals surface area contributed by atoms with Crippen LogP contribution in [-0.4, -0.2) is 11.6 Å². The van der Waals surface area contributed by atoms with E-state index < -0.39 is 18.2 Å². The van der Waals surface area contributed by atoms with Crippen molar-refractivity contribution in [1.29, 1.82) is 0 Å². The highest BCUT2D eigenvalue weighted by atomic mass is 32.1. The van der Waals surface area contributed by atoms with Crippen molar-refractivity contribution in [3.63, 3.8) is 0 Å². The first kappa shape index (κ1) is 11.7. The third-order valence-corrected chi connectivity index (χ3v) is 2.64. The van der Waals surface area contributed by atoms with E-state index in [4.69, 9.17) is 5.73 Å². The van der Waals surface area contributed by atoms with E-state index in [1.165, 1.54) is 17.4 Å². The number of benzene rings is 1. The van der Waals surface area contributed by atoms with Crippen molar-refractivity contribution in [1.82, 2.24) is 4.98 Å². The maximum atomic E-state index is 13.4. The molecule has 2 N–H and O–H groups in total. The van der Waals surface area contributed by atoms with Crippen molar-refractivity contribution in [2.45, 2.75) is 6.61 Å². The second-order valence-corrected chi connectivity index (χ2v) is 3.98. The van der Waals surface area contributed by atoms with Gasteiger partial charge in [-0.25, -0.2) is 9.37 Å². The highest BCUT2D eigenvalue weighted by Gasteiger charge is 2.11. The number of hydrogen-bond acceptors (Lipinski definition) is 4. The van der Waals surface area contributed by atoms with Crippen molar-refractivity contribution in [2.75, 3.05) is 5.73 Å². The molecule has 7 heteroatoms. The number of hydrogen-bond donors (Lipinski definition) is 1. The largest absolute Gasteiger partial charge is 0.432 e. The van der Waals surface area contributed by atoms with Crippen molar-refractivity contribution in [3.8, 4) is 17.0 Å². The zero-order valence-electron chi connectivity index (χ0n) is 8.36. The lowest BCUT2D eigenvalue weighted by Crippen LogP contribution is -2.03. The summed E-state index contributed by atoms with van der Waals surface area (Å²) < 4.78 is 41.2. The second kappa shape index (κ2) is 4.62. The molecule has 3 nitrogen and oxygen atoms in total. The van der Waals surface area contributed by atoms with Gasteiger partial charge in [-0.3, -0.25) is 0 Å². The van der Waals surface area contributed by atoms with Gasteiger partial charge in [-0.1, -0.05) is 0 Å². The van der Waals surface area contributed by atoms with Crippen LogP contribution in [0.1, 0.15) is 0 Å². The zero-order valence-corrected chi connectivity index (χ0v) is 9.18. The molecule has 0 aliphatic carbocycles. The highest BCUT2D eigenvalue weighted by Crippen LogP contribution is 2.28. The number of rotatable bonds is 3. The molecule has 0 amide bonds. The fourth-order valence-corrected chi connectivity index (χ4v) is 1.84. The first-order valence-corrected chi connectivity index (χ1v) is 5.40. The summed E-state index contributed by atoms with van der Waals surface area (Å²) >= 11 is 1.21. The maximum Gasteiger partial charge on any atom is 0.387 e. The SMILES string of the molecule is Nc1nc(-c2ccc(OC(F)F)c(F)c2)cs1. The van der Waals surface area contributed by atoms with Crippen molar-refractivity contribution in [3.05, 3.63) is 29.4 Å². The maximum absolute atomic E-state index is 13.4. The lowest BCUT2D eigenvalue weighted by molar-refractivity contribution is -0.0521. The third-order valence-electron chi connectivity index (χ3n) is 1.97. The van der Waals surface area contributed by atoms with Crippen LogP contribution in [0.2, 0.25) is 0 Å². The topological polar surface area (TPSA) is 48.1 Å². The van der Waals surface area contributed by atoms with Crippen LogP contribution >= 0.6 is 11.3 Å². The van der Waals surface area contributed by atoms with E-state index in [2.05, 4.69) is 9.72 Å². The number of aromatic nitrogens is 1.